The van der Waals surface area contributed by atoms with Gasteiger partial charge in [-0.2, -0.15) is 0 Å². The second-order valence-corrected chi connectivity index (χ2v) is 5.27. The van der Waals surface area contributed by atoms with Gasteiger partial charge in [0.25, 0.3) is 5.91 Å². The number of carbonyl (C=O) groups excluding carboxylic acids is 1. The molecule has 0 aliphatic carbocycles. The van der Waals surface area contributed by atoms with Crippen LogP contribution in [0.1, 0.15) is 10.4 Å². The van der Waals surface area contributed by atoms with Crippen molar-refractivity contribution in [2.24, 2.45) is 0 Å². The largest absolute Gasteiger partial charge is 0.463 e. The van der Waals surface area contributed by atoms with Gasteiger partial charge in [0.05, 0.1) is 18.1 Å². The fraction of sp³-hybridized carbons (Fsp3) is 0. The smallest absolute Gasteiger partial charge is 0.264 e. The number of hydrogen-bond donors (Lipinski definition) is 0. The second-order valence-electron chi connectivity index (χ2n) is 5.27. The first-order chi connectivity index (χ1) is 11.3. The average Bonchev–Trinajstić information content (AvgIpc) is 3.34. The van der Waals surface area contributed by atoms with Gasteiger partial charge in [-0.25, -0.2) is 4.98 Å². The topological polar surface area (TPSA) is 61.2 Å². The van der Waals surface area contributed by atoms with E-state index in [2.05, 4.69) is 4.98 Å². The fourth-order valence-corrected chi connectivity index (χ4v) is 3.01. The summed E-state index contributed by atoms with van der Waals surface area (Å²) in [6.45, 7) is 0. The van der Waals surface area contributed by atoms with E-state index in [4.69, 9.17) is 8.83 Å². The van der Waals surface area contributed by atoms with E-state index in [0.717, 1.165) is 5.56 Å². The molecule has 1 aromatic carbocycles. The van der Waals surface area contributed by atoms with Gasteiger partial charge < -0.3 is 8.83 Å². The molecule has 0 saturated carbocycles. The van der Waals surface area contributed by atoms with E-state index in [9.17, 15) is 4.79 Å². The van der Waals surface area contributed by atoms with Gasteiger partial charge in [0.1, 0.15) is 17.2 Å². The van der Waals surface area contributed by atoms with Gasteiger partial charge in [-0.15, -0.1) is 0 Å². The number of carbonyl (C=O) groups is 1. The van der Waals surface area contributed by atoms with Crippen molar-refractivity contribution in [3.05, 3.63) is 66.6 Å². The maximum absolute atomic E-state index is 12.8. The lowest BCUT2D eigenvalue weighted by Gasteiger charge is -2.03. The van der Waals surface area contributed by atoms with Crippen LogP contribution in [0.15, 0.2) is 69.9 Å². The Balaban J connectivity index is 1.87. The maximum atomic E-state index is 12.8. The highest BCUT2D eigenvalue weighted by molar-refractivity contribution is 6.11. The number of hydrogen-bond acceptors (Lipinski definition) is 4. The minimum Gasteiger partial charge on any atom is -0.463 e. The maximum Gasteiger partial charge on any atom is 0.264 e. The van der Waals surface area contributed by atoms with Crippen molar-refractivity contribution in [3.8, 4) is 34.3 Å². The molecule has 5 nitrogen and oxygen atoms in total. The standard InChI is InChI=1S/C18H10N2O3/c21-18-12-6-2-1-5-11(12)17-19-15(13-7-3-9-22-13)16(20(17)18)14-8-4-10-23-14/h1-10H. The molecule has 0 amide bonds. The highest BCUT2D eigenvalue weighted by atomic mass is 16.3. The highest BCUT2D eigenvalue weighted by Crippen LogP contribution is 2.41. The molecule has 1 aliphatic heterocycles. The predicted molar refractivity (Wildman–Crippen MR) is 82.8 cm³/mol. The van der Waals surface area contributed by atoms with E-state index in [1.54, 1.807) is 29.2 Å². The van der Waals surface area contributed by atoms with Crippen molar-refractivity contribution in [3.63, 3.8) is 0 Å². The Labute approximate surface area is 130 Å². The molecule has 0 atom stereocenters. The van der Waals surface area contributed by atoms with E-state index < -0.39 is 0 Å². The molecule has 0 spiro atoms. The van der Waals surface area contributed by atoms with Crippen LogP contribution in [0, 0.1) is 0 Å². The number of furan rings is 2. The third-order valence-corrected chi connectivity index (χ3v) is 3.99. The summed E-state index contributed by atoms with van der Waals surface area (Å²) in [6, 6.07) is 14.7. The van der Waals surface area contributed by atoms with Gasteiger partial charge in [-0.1, -0.05) is 18.2 Å². The SMILES string of the molecule is O=C1c2ccccc2-c2nc(-c3ccco3)c(-c3ccco3)n21. The number of aromatic nitrogens is 2. The van der Waals surface area contributed by atoms with Crippen molar-refractivity contribution in [1.29, 1.82) is 0 Å². The van der Waals surface area contributed by atoms with Crippen molar-refractivity contribution < 1.29 is 13.6 Å². The van der Waals surface area contributed by atoms with Gasteiger partial charge in [0.15, 0.2) is 11.5 Å². The molecule has 0 fully saturated rings. The Morgan fingerprint density at radius 3 is 2.22 bits per heavy atom. The van der Waals surface area contributed by atoms with Crippen LogP contribution in [-0.2, 0) is 0 Å². The summed E-state index contributed by atoms with van der Waals surface area (Å²) in [7, 11) is 0. The summed E-state index contributed by atoms with van der Waals surface area (Å²) >= 11 is 0. The van der Waals surface area contributed by atoms with Crippen LogP contribution in [0.25, 0.3) is 34.3 Å². The number of benzene rings is 1. The number of fused-ring (bicyclic) bond motifs is 3. The molecular formula is C18H10N2O3. The second kappa shape index (κ2) is 4.33. The Bertz CT molecular complexity index is 1020. The Kier molecular flexibility index (Phi) is 2.30. The van der Waals surface area contributed by atoms with Crippen LogP contribution in [-0.4, -0.2) is 15.5 Å². The molecular weight excluding hydrogens is 292 g/mol. The Morgan fingerprint density at radius 2 is 1.52 bits per heavy atom. The molecule has 0 radical (unpaired) electrons. The third kappa shape index (κ3) is 1.56. The minimum absolute atomic E-state index is 0.104. The van der Waals surface area contributed by atoms with Crippen LogP contribution in [0.5, 0.6) is 0 Å². The summed E-state index contributed by atoms with van der Waals surface area (Å²) in [6.07, 6.45) is 3.16. The summed E-state index contributed by atoms with van der Waals surface area (Å²) in [5, 5.41) is 0. The van der Waals surface area contributed by atoms with Gasteiger partial charge in [-0.05, 0) is 30.3 Å². The molecule has 3 aromatic heterocycles. The zero-order valence-electron chi connectivity index (χ0n) is 11.9. The average molecular weight is 302 g/mol. The lowest BCUT2D eigenvalue weighted by atomic mass is 10.1. The lowest BCUT2D eigenvalue weighted by molar-refractivity contribution is 0.0970. The van der Waals surface area contributed by atoms with Gasteiger partial charge in [0, 0.05) is 5.56 Å². The van der Waals surface area contributed by atoms with Gasteiger partial charge in [-0.3, -0.25) is 9.36 Å². The first kappa shape index (κ1) is 12.2. The first-order valence-electron chi connectivity index (χ1n) is 7.19. The van der Waals surface area contributed by atoms with Crippen LogP contribution in [0.2, 0.25) is 0 Å². The molecule has 0 bridgehead atoms. The summed E-state index contributed by atoms with van der Waals surface area (Å²) in [5.41, 5.74) is 2.68. The molecule has 0 saturated heterocycles. The van der Waals surface area contributed by atoms with Crippen LogP contribution in [0.4, 0.5) is 0 Å². The molecule has 23 heavy (non-hydrogen) atoms. The third-order valence-electron chi connectivity index (χ3n) is 3.99. The van der Waals surface area contributed by atoms with Gasteiger partial charge >= 0.3 is 0 Å². The molecule has 5 heteroatoms. The van der Waals surface area contributed by atoms with Crippen LogP contribution >= 0.6 is 0 Å². The monoisotopic (exact) mass is 302 g/mol. The first-order valence-corrected chi connectivity index (χ1v) is 7.19. The van der Waals surface area contributed by atoms with Crippen molar-refractivity contribution >= 4 is 5.91 Å². The summed E-state index contributed by atoms with van der Waals surface area (Å²) < 4.78 is 12.6. The molecule has 0 N–H and O–H groups in total. The molecule has 0 unspecified atom stereocenters. The molecule has 5 rings (SSSR count). The normalized spacial score (nSPS) is 12.4. The number of rotatable bonds is 2. The van der Waals surface area contributed by atoms with Crippen molar-refractivity contribution in [2.75, 3.05) is 0 Å². The van der Waals surface area contributed by atoms with E-state index in [1.807, 2.05) is 36.4 Å². The Morgan fingerprint density at radius 1 is 0.826 bits per heavy atom. The van der Waals surface area contributed by atoms with E-state index >= 15 is 0 Å². The van der Waals surface area contributed by atoms with Crippen LogP contribution in [0.3, 0.4) is 0 Å². The minimum atomic E-state index is -0.104. The summed E-state index contributed by atoms with van der Waals surface area (Å²) in [5.74, 6) is 1.69. The molecule has 1 aliphatic rings. The fourth-order valence-electron chi connectivity index (χ4n) is 3.01. The van der Waals surface area contributed by atoms with Gasteiger partial charge in [0.2, 0.25) is 0 Å². The van der Waals surface area contributed by atoms with E-state index in [1.165, 1.54) is 0 Å². The zero-order chi connectivity index (χ0) is 15.4. The highest BCUT2D eigenvalue weighted by Gasteiger charge is 2.34. The molecule has 4 aromatic rings. The molecule has 4 heterocycles. The van der Waals surface area contributed by atoms with E-state index in [0.29, 0.717) is 34.3 Å². The predicted octanol–water partition coefficient (Wildman–Crippen LogP) is 4.07. The number of imidazole rings is 1. The number of nitrogens with zero attached hydrogens (tertiary/aromatic N) is 2. The van der Waals surface area contributed by atoms with Crippen molar-refractivity contribution in [2.45, 2.75) is 0 Å². The van der Waals surface area contributed by atoms with Crippen molar-refractivity contribution in [1.82, 2.24) is 9.55 Å². The molecule has 110 valence electrons. The Hall–Kier alpha value is -3.34. The lowest BCUT2D eigenvalue weighted by Crippen LogP contribution is -2.07. The summed E-state index contributed by atoms with van der Waals surface area (Å²) in [4.78, 5) is 17.5. The quantitative estimate of drug-likeness (QED) is 0.493. The van der Waals surface area contributed by atoms with E-state index in [-0.39, 0.29) is 5.91 Å². The van der Waals surface area contributed by atoms with Crippen LogP contribution < -0.4 is 0 Å². The zero-order valence-corrected chi connectivity index (χ0v) is 11.9.